The number of rotatable bonds is 5. The molecule has 4 nitrogen and oxygen atoms in total. The van der Waals surface area contributed by atoms with Crippen LogP contribution in [-0.4, -0.2) is 23.5 Å². The van der Waals surface area contributed by atoms with Crippen molar-refractivity contribution >= 4 is 52.9 Å². The van der Waals surface area contributed by atoms with Crippen LogP contribution < -0.4 is 11.1 Å². The molecule has 120 valence electrons. The lowest BCUT2D eigenvalue weighted by Crippen LogP contribution is -2.29. The average molecular weight is 381 g/mol. The van der Waals surface area contributed by atoms with E-state index in [9.17, 15) is 4.79 Å². The number of halogens is 3. The van der Waals surface area contributed by atoms with E-state index in [0.29, 0.717) is 22.3 Å². The Hall–Kier alpha value is -0.850. The van der Waals surface area contributed by atoms with Gasteiger partial charge in [-0.25, -0.2) is 4.98 Å². The lowest BCUT2D eigenvalue weighted by atomic mass is 10.2. The Labute approximate surface area is 149 Å². The first-order chi connectivity index (χ1) is 9.97. The molecule has 2 aromatic rings. The van der Waals surface area contributed by atoms with Crippen molar-refractivity contribution in [3.05, 3.63) is 39.3 Å². The van der Waals surface area contributed by atoms with Crippen molar-refractivity contribution in [2.75, 3.05) is 6.54 Å². The normalized spacial score (nSPS) is 11.6. The second-order valence-electron chi connectivity index (χ2n) is 4.69. The molecule has 0 saturated carbocycles. The molecule has 3 N–H and O–H groups in total. The van der Waals surface area contributed by atoms with E-state index in [2.05, 4.69) is 10.3 Å². The zero-order valence-electron chi connectivity index (χ0n) is 11.8. The van der Waals surface area contributed by atoms with Crippen molar-refractivity contribution < 1.29 is 4.79 Å². The summed E-state index contributed by atoms with van der Waals surface area (Å²) in [4.78, 5) is 16.3. The molecule has 0 fully saturated rings. The van der Waals surface area contributed by atoms with E-state index >= 15 is 0 Å². The van der Waals surface area contributed by atoms with E-state index in [1.165, 1.54) is 11.3 Å². The Morgan fingerprint density at radius 2 is 2.14 bits per heavy atom. The highest BCUT2D eigenvalue weighted by Crippen LogP contribution is 2.30. The standard InChI is InChI=1S/C14H15Cl2N3OS.ClH/c1-8(17)4-5-18-13(20)12-7-21-14(19-12)9-2-3-10(15)11(16)6-9;/h2-3,6-8H,4-5,17H2,1H3,(H,18,20);1H. The van der Waals surface area contributed by atoms with Gasteiger partial charge in [0, 0.05) is 23.5 Å². The SMILES string of the molecule is CC(N)CCNC(=O)c1csc(-c2ccc(Cl)c(Cl)c2)n1.Cl. The van der Waals surface area contributed by atoms with Crippen LogP contribution in [0.3, 0.4) is 0 Å². The summed E-state index contributed by atoms with van der Waals surface area (Å²) in [6.45, 7) is 2.44. The minimum absolute atomic E-state index is 0. The second-order valence-corrected chi connectivity index (χ2v) is 6.36. The molecule has 2 rings (SSSR count). The Balaban J connectivity index is 0.00000242. The van der Waals surface area contributed by atoms with Gasteiger partial charge in [0.15, 0.2) is 0 Å². The summed E-state index contributed by atoms with van der Waals surface area (Å²) in [6.07, 6.45) is 0.732. The monoisotopic (exact) mass is 379 g/mol. The van der Waals surface area contributed by atoms with Crippen LogP contribution in [0.1, 0.15) is 23.8 Å². The molecule has 22 heavy (non-hydrogen) atoms. The average Bonchev–Trinajstić information content (AvgIpc) is 2.91. The third-order valence-electron chi connectivity index (χ3n) is 2.79. The molecule has 1 amide bonds. The molecule has 8 heteroatoms. The molecule has 0 aliphatic heterocycles. The van der Waals surface area contributed by atoms with Gasteiger partial charge in [-0.3, -0.25) is 4.79 Å². The Bertz CT molecular complexity index is 646. The van der Waals surface area contributed by atoms with Gasteiger partial charge in [-0.1, -0.05) is 29.3 Å². The summed E-state index contributed by atoms with van der Waals surface area (Å²) in [5, 5.41) is 6.20. The van der Waals surface area contributed by atoms with Crippen LogP contribution >= 0.6 is 46.9 Å². The lowest BCUT2D eigenvalue weighted by molar-refractivity contribution is 0.0948. The third kappa shape index (κ3) is 5.11. The summed E-state index contributed by atoms with van der Waals surface area (Å²) in [5.41, 5.74) is 6.87. The number of nitrogens with zero attached hydrogens (tertiary/aromatic N) is 1. The first kappa shape index (κ1) is 19.2. The highest BCUT2D eigenvalue weighted by Gasteiger charge is 2.12. The van der Waals surface area contributed by atoms with Crippen LogP contribution in [-0.2, 0) is 0 Å². The Morgan fingerprint density at radius 3 is 2.77 bits per heavy atom. The predicted molar refractivity (Wildman–Crippen MR) is 95.4 cm³/mol. The number of carbonyl (C=O) groups excluding carboxylic acids is 1. The quantitative estimate of drug-likeness (QED) is 0.823. The van der Waals surface area contributed by atoms with E-state index in [4.69, 9.17) is 28.9 Å². The van der Waals surface area contributed by atoms with Gasteiger partial charge in [-0.05, 0) is 25.5 Å². The van der Waals surface area contributed by atoms with Gasteiger partial charge in [-0.2, -0.15) is 0 Å². The van der Waals surface area contributed by atoms with Crippen molar-refractivity contribution in [2.45, 2.75) is 19.4 Å². The second kappa shape index (κ2) is 8.70. The van der Waals surface area contributed by atoms with Crippen LogP contribution in [0.2, 0.25) is 10.0 Å². The van der Waals surface area contributed by atoms with Crippen LogP contribution in [0.15, 0.2) is 23.6 Å². The van der Waals surface area contributed by atoms with E-state index in [-0.39, 0.29) is 24.4 Å². The zero-order chi connectivity index (χ0) is 15.4. The molecule has 1 heterocycles. The van der Waals surface area contributed by atoms with Crippen molar-refractivity contribution in [1.29, 1.82) is 0 Å². The summed E-state index contributed by atoms with van der Waals surface area (Å²) in [5.74, 6) is -0.196. The van der Waals surface area contributed by atoms with Gasteiger partial charge in [-0.15, -0.1) is 23.7 Å². The van der Waals surface area contributed by atoms with Crippen molar-refractivity contribution in [2.24, 2.45) is 5.73 Å². The van der Waals surface area contributed by atoms with Crippen LogP contribution in [0.5, 0.6) is 0 Å². The van der Waals surface area contributed by atoms with E-state index < -0.39 is 0 Å². The minimum Gasteiger partial charge on any atom is -0.351 e. The van der Waals surface area contributed by atoms with Gasteiger partial charge in [0.1, 0.15) is 10.7 Å². The first-order valence-corrected chi connectivity index (χ1v) is 8.05. The van der Waals surface area contributed by atoms with Gasteiger partial charge in [0.2, 0.25) is 0 Å². The predicted octanol–water partition coefficient (Wildman–Crippen LogP) is 4.01. The number of nitrogens with two attached hydrogens (primary N) is 1. The fourth-order valence-electron chi connectivity index (χ4n) is 1.64. The molecule has 0 spiro atoms. The van der Waals surface area contributed by atoms with Crippen LogP contribution in [0.4, 0.5) is 0 Å². The summed E-state index contributed by atoms with van der Waals surface area (Å²) in [7, 11) is 0. The first-order valence-electron chi connectivity index (χ1n) is 6.42. The van der Waals surface area contributed by atoms with Crippen molar-refractivity contribution in [1.82, 2.24) is 10.3 Å². The van der Waals surface area contributed by atoms with Gasteiger partial charge in [0.25, 0.3) is 5.91 Å². The van der Waals surface area contributed by atoms with Gasteiger partial charge >= 0.3 is 0 Å². The fourth-order valence-corrected chi connectivity index (χ4v) is 2.74. The van der Waals surface area contributed by atoms with E-state index in [0.717, 1.165) is 17.0 Å². The number of hydrogen-bond donors (Lipinski definition) is 2. The molecular formula is C14H16Cl3N3OS. The molecular weight excluding hydrogens is 365 g/mol. The topological polar surface area (TPSA) is 68.0 Å². The van der Waals surface area contributed by atoms with Crippen molar-refractivity contribution in [3.63, 3.8) is 0 Å². The van der Waals surface area contributed by atoms with E-state index in [1.807, 2.05) is 13.0 Å². The summed E-state index contributed by atoms with van der Waals surface area (Å²) < 4.78 is 0. The molecule has 1 aromatic carbocycles. The Kier molecular flexibility index (Phi) is 7.59. The van der Waals surface area contributed by atoms with Crippen molar-refractivity contribution in [3.8, 4) is 10.6 Å². The molecule has 1 unspecified atom stereocenters. The number of aromatic nitrogens is 1. The molecule has 0 bridgehead atoms. The van der Waals surface area contributed by atoms with Crippen LogP contribution in [0.25, 0.3) is 10.6 Å². The number of amides is 1. The Morgan fingerprint density at radius 1 is 1.41 bits per heavy atom. The third-order valence-corrected chi connectivity index (χ3v) is 4.42. The summed E-state index contributed by atoms with van der Waals surface area (Å²) in [6, 6.07) is 5.33. The smallest absolute Gasteiger partial charge is 0.270 e. The molecule has 0 saturated heterocycles. The van der Waals surface area contributed by atoms with E-state index in [1.54, 1.807) is 17.5 Å². The molecule has 1 aromatic heterocycles. The van der Waals surface area contributed by atoms with Gasteiger partial charge < -0.3 is 11.1 Å². The largest absolute Gasteiger partial charge is 0.351 e. The number of hydrogen-bond acceptors (Lipinski definition) is 4. The molecule has 1 atom stereocenters. The number of carbonyl (C=O) groups is 1. The van der Waals surface area contributed by atoms with Gasteiger partial charge in [0.05, 0.1) is 10.0 Å². The molecule has 0 radical (unpaired) electrons. The number of thiazole rings is 1. The summed E-state index contributed by atoms with van der Waals surface area (Å²) >= 11 is 13.3. The highest BCUT2D eigenvalue weighted by molar-refractivity contribution is 7.13. The maximum atomic E-state index is 11.9. The highest BCUT2D eigenvalue weighted by atomic mass is 35.5. The van der Waals surface area contributed by atoms with Crippen LogP contribution in [0, 0.1) is 0 Å². The number of nitrogens with one attached hydrogen (secondary N) is 1. The minimum atomic E-state index is -0.196. The lowest BCUT2D eigenvalue weighted by Gasteiger charge is -2.05. The molecule has 0 aliphatic carbocycles. The zero-order valence-corrected chi connectivity index (χ0v) is 15.0. The molecule has 0 aliphatic rings. The maximum Gasteiger partial charge on any atom is 0.270 e. The maximum absolute atomic E-state index is 11.9. The fraction of sp³-hybridized carbons (Fsp3) is 0.286. The number of benzene rings is 1.